The number of hydrogen-bond acceptors (Lipinski definition) is 3. The quantitative estimate of drug-likeness (QED) is 0.357. The minimum atomic E-state index is -4.94. The molecule has 0 aromatic heterocycles. The molecule has 192 valence electrons. The van der Waals surface area contributed by atoms with Crippen molar-refractivity contribution in [1.82, 2.24) is 10.6 Å². The van der Waals surface area contributed by atoms with E-state index in [1.54, 1.807) is 0 Å². The first-order chi connectivity index (χ1) is 16.3. The van der Waals surface area contributed by atoms with E-state index < -0.39 is 35.1 Å². The van der Waals surface area contributed by atoms with Gasteiger partial charge >= 0.3 is 12.4 Å². The van der Waals surface area contributed by atoms with Crippen LogP contribution in [-0.4, -0.2) is 31.0 Å². The van der Waals surface area contributed by atoms with Gasteiger partial charge in [-0.05, 0) is 49.1 Å². The summed E-state index contributed by atoms with van der Waals surface area (Å²) in [6, 6.07) is 10.5. The third-order valence-electron chi connectivity index (χ3n) is 6.08. The van der Waals surface area contributed by atoms with Crippen LogP contribution in [0.3, 0.4) is 0 Å². The fourth-order valence-corrected chi connectivity index (χ4v) is 4.18. The van der Waals surface area contributed by atoms with Gasteiger partial charge in [-0.15, -0.1) is 11.6 Å². The highest BCUT2D eigenvalue weighted by atomic mass is 35.5. The van der Waals surface area contributed by atoms with E-state index in [1.165, 1.54) is 6.92 Å². The summed E-state index contributed by atoms with van der Waals surface area (Å²) in [4.78, 5) is 11.6. The topological polar surface area (TPSA) is 50.4 Å². The van der Waals surface area contributed by atoms with Crippen molar-refractivity contribution < 1.29 is 35.9 Å². The molecule has 0 bridgehead atoms. The Balaban J connectivity index is 1.83. The van der Waals surface area contributed by atoms with Crippen LogP contribution in [0.25, 0.3) is 0 Å². The summed E-state index contributed by atoms with van der Waals surface area (Å²) >= 11 is 5.55. The number of carbonyl (C=O) groups is 1. The van der Waals surface area contributed by atoms with E-state index in [0.29, 0.717) is 31.5 Å². The van der Waals surface area contributed by atoms with Crippen LogP contribution in [0.15, 0.2) is 48.5 Å². The van der Waals surface area contributed by atoms with E-state index in [4.69, 9.17) is 16.3 Å². The van der Waals surface area contributed by atoms with Gasteiger partial charge in [0.05, 0.1) is 29.4 Å². The Kier molecular flexibility index (Phi) is 8.39. The summed E-state index contributed by atoms with van der Waals surface area (Å²) < 4.78 is 85.4. The van der Waals surface area contributed by atoms with Gasteiger partial charge in [0.15, 0.2) is 0 Å². The zero-order valence-electron chi connectivity index (χ0n) is 18.8. The van der Waals surface area contributed by atoms with Crippen LogP contribution >= 0.6 is 11.6 Å². The Labute approximate surface area is 204 Å². The molecule has 0 radical (unpaired) electrons. The Morgan fingerprint density at radius 2 is 1.71 bits per heavy atom. The number of halogens is 7. The number of piperidine rings is 1. The Morgan fingerprint density at radius 3 is 2.20 bits per heavy atom. The number of benzene rings is 2. The first-order valence-electron chi connectivity index (χ1n) is 10.9. The molecule has 2 aromatic rings. The van der Waals surface area contributed by atoms with Gasteiger partial charge in [-0.1, -0.05) is 30.3 Å². The maximum atomic E-state index is 13.3. The fourth-order valence-electron chi connectivity index (χ4n) is 4.11. The van der Waals surface area contributed by atoms with Crippen molar-refractivity contribution in [3.05, 3.63) is 70.8 Å². The summed E-state index contributed by atoms with van der Waals surface area (Å²) in [5, 5.41) is 6.17. The molecule has 1 aliphatic heterocycles. The number of amides is 1. The number of carbonyl (C=O) groups excluding carboxylic acids is 1. The third-order valence-corrected chi connectivity index (χ3v) is 6.32. The summed E-state index contributed by atoms with van der Waals surface area (Å²) in [5.41, 5.74) is -2.88. The summed E-state index contributed by atoms with van der Waals surface area (Å²) in [6.45, 7) is 1.80. The SMILES string of the molecule is C[C@@H](OC[C@@]1(c2ccccc2)CC[C@H](NC(=O)CCl)CN1)c1cc(C(F)(F)F)cc(C(F)(F)F)c1. The van der Waals surface area contributed by atoms with Gasteiger partial charge < -0.3 is 15.4 Å². The standard InChI is InChI=1S/C24H25ClF6N2O2/c1-15(16-9-18(23(26,27)28)11-19(10-16)24(29,30)31)35-14-22(17-5-3-2-4-6-17)8-7-20(13-32-22)33-21(34)12-25/h2-6,9-11,15,20,32H,7-8,12-14H2,1H3,(H,33,34)/t15-,20+,22-/m1/s1. The van der Waals surface area contributed by atoms with Crippen LogP contribution < -0.4 is 10.6 Å². The van der Waals surface area contributed by atoms with Crippen molar-refractivity contribution >= 4 is 17.5 Å². The lowest BCUT2D eigenvalue weighted by Gasteiger charge is -2.42. The zero-order chi connectivity index (χ0) is 25.9. The molecule has 1 amide bonds. The predicted octanol–water partition coefficient (Wildman–Crippen LogP) is 5.80. The number of nitrogens with one attached hydrogen (secondary N) is 2. The molecule has 0 saturated carbocycles. The van der Waals surface area contributed by atoms with E-state index in [9.17, 15) is 31.1 Å². The van der Waals surface area contributed by atoms with Gasteiger partial charge in [0.25, 0.3) is 0 Å². The molecule has 2 aromatic carbocycles. The smallest absolute Gasteiger partial charge is 0.372 e. The zero-order valence-corrected chi connectivity index (χ0v) is 19.5. The number of rotatable bonds is 7. The minimum absolute atomic E-state index is 0.00799. The van der Waals surface area contributed by atoms with Crippen LogP contribution in [0, 0.1) is 0 Å². The monoisotopic (exact) mass is 522 g/mol. The molecular formula is C24H25ClF6N2O2. The average molecular weight is 523 g/mol. The largest absolute Gasteiger partial charge is 0.416 e. The molecule has 0 spiro atoms. The van der Waals surface area contributed by atoms with Gasteiger partial charge in [0.2, 0.25) is 5.91 Å². The average Bonchev–Trinajstić information content (AvgIpc) is 2.82. The molecule has 1 heterocycles. The maximum absolute atomic E-state index is 13.3. The molecule has 2 N–H and O–H groups in total. The lowest BCUT2D eigenvalue weighted by atomic mass is 9.81. The van der Waals surface area contributed by atoms with Crippen LogP contribution in [0.1, 0.15) is 48.1 Å². The molecule has 4 nitrogen and oxygen atoms in total. The number of ether oxygens (including phenoxy) is 1. The van der Waals surface area contributed by atoms with Crippen molar-refractivity contribution in [2.45, 2.75) is 49.8 Å². The molecule has 1 aliphatic rings. The Morgan fingerprint density at radius 1 is 1.11 bits per heavy atom. The van der Waals surface area contributed by atoms with Crippen molar-refractivity contribution in [3.63, 3.8) is 0 Å². The van der Waals surface area contributed by atoms with Gasteiger partial charge in [-0.2, -0.15) is 26.3 Å². The highest BCUT2D eigenvalue weighted by Gasteiger charge is 2.39. The fraction of sp³-hybridized carbons (Fsp3) is 0.458. The normalized spacial score (nSPS) is 22.0. The molecular weight excluding hydrogens is 498 g/mol. The second kappa shape index (κ2) is 10.8. The molecule has 35 heavy (non-hydrogen) atoms. The second-order valence-corrected chi connectivity index (χ2v) is 8.83. The molecule has 3 atom stereocenters. The molecule has 3 rings (SSSR count). The highest BCUT2D eigenvalue weighted by Crippen LogP contribution is 2.39. The second-order valence-electron chi connectivity index (χ2n) is 8.56. The Hall–Kier alpha value is -2.30. The molecule has 1 saturated heterocycles. The van der Waals surface area contributed by atoms with Crippen molar-refractivity contribution in [2.24, 2.45) is 0 Å². The number of hydrogen-bond donors (Lipinski definition) is 2. The van der Waals surface area contributed by atoms with Crippen LogP contribution in [0.4, 0.5) is 26.3 Å². The summed E-state index contributed by atoms with van der Waals surface area (Å²) in [5.74, 6) is -0.474. The Bertz CT molecular complexity index is 973. The molecule has 0 aliphatic carbocycles. The van der Waals surface area contributed by atoms with Gasteiger partial charge in [-0.3, -0.25) is 4.79 Å². The van der Waals surface area contributed by atoms with Gasteiger partial charge in [0, 0.05) is 12.6 Å². The molecule has 1 fully saturated rings. The van der Waals surface area contributed by atoms with Crippen LogP contribution in [0.5, 0.6) is 0 Å². The molecule has 11 heteroatoms. The minimum Gasteiger partial charge on any atom is -0.372 e. The van der Waals surface area contributed by atoms with Crippen LogP contribution in [0.2, 0.25) is 0 Å². The number of alkyl halides is 7. The van der Waals surface area contributed by atoms with E-state index >= 15 is 0 Å². The van der Waals surface area contributed by atoms with Gasteiger partial charge in [0.1, 0.15) is 5.88 Å². The van der Waals surface area contributed by atoms with E-state index in [2.05, 4.69) is 10.6 Å². The highest BCUT2D eigenvalue weighted by molar-refractivity contribution is 6.27. The van der Waals surface area contributed by atoms with E-state index in [0.717, 1.165) is 5.56 Å². The van der Waals surface area contributed by atoms with Gasteiger partial charge in [-0.25, -0.2) is 0 Å². The first kappa shape index (κ1) is 27.3. The first-order valence-corrected chi connectivity index (χ1v) is 11.4. The van der Waals surface area contributed by atoms with Crippen LogP contribution in [-0.2, 0) is 27.4 Å². The molecule has 0 unspecified atom stereocenters. The summed E-state index contributed by atoms with van der Waals surface area (Å²) in [7, 11) is 0. The van der Waals surface area contributed by atoms with Crippen molar-refractivity contribution in [1.29, 1.82) is 0 Å². The van der Waals surface area contributed by atoms with Crippen molar-refractivity contribution in [2.75, 3.05) is 19.0 Å². The lowest BCUT2D eigenvalue weighted by Crippen LogP contribution is -2.57. The van der Waals surface area contributed by atoms with E-state index in [1.807, 2.05) is 30.3 Å². The maximum Gasteiger partial charge on any atom is 0.416 e. The summed E-state index contributed by atoms with van der Waals surface area (Å²) in [6.07, 6.45) is -9.84. The van der Waals surface area contributed by atoms with E-state index in [-0.39, 0.29) is 36.1 Å². The third kappa shape index (κ3) is 6.89. The predicted molar refractivity (Wildman–Crippen MR) is 119 cm³/mol. The van der Waals surface area contributed by atoms with Crippen molar-refractivity contribution in [3.8, 4) is 0 Å². The lowest BCUT2D eigenvalue weighted by molar-refractivity contribution is -0.143.